The summed E-state index contributed by atoms with van der Waals surface area (Å²) in [6.45, 7) is 3.31. The fraction of sp³-hybridized carbons (Fsp3) is 0.412. The maximum absolute atomic E-state index is 12.4. The quantitative estimate of drug-likeness (QED) is 0.937. The zero-order chi connectivity index (χ0) is 15.6. The van der Waals surface area contributed by atoms with Crippen LogP contribution in [0.4, 0.5) is 0 Å². The van der Waals surface area contributed by atoms with Crippen molar-refractivity contribution in [3.05, 3.63) is 41.5 Å². The number of fused-ring (bicyclic) bond motifs is 3. The molecule has 3 fully saturated rings. The SMILES string of the molecule is O=C(NC1CN2CCC1CC2)c1ncc(Oc2ccccc2)s1. The van der Waals surface area contributed by atoms with Gasteiger partial charge in [0.1, 0.15) is 5.75 Å². The van der Waals surface area contributed by atoms with Crippen LogP contribution < -0.4 is 10.1 Å². The highest BCUT2D eigenvalue weighted by atomic mass is 32.1. The van der Waals surface area contributed by atoms with Gasteiger partial charge < -0.3 is 15.0 Å². The van der Waals surface area contributed by atoms with Gasteiger partial charge in [-0.3, -0.25) is 4.79 Å². The summed E-state index contributed by atoms with van der Waals surface area (Å²) in [5.41, 5.74) is 0. The Kier molecular flexibility index (Phi) is 4.01. The van der Waals surface area contributed by atoms with Gasteiger partial charge in [-0.2, -0.15) is 0 Å². The molecule has 6 heteroatoms. The average molecular weight is 329 g/mol. The molecule has 0 radical (unpaired) electrons. The first-order valence-electron chi connectivity index (χ1n) is 8.00. The van der Waals surface area contributed by atoms with E-state index in [1.54, 1.807) is 6.20 Å². The Morgan fingerprint density at radius 2 is 2.04 bits per heavy atom. The maximum atomic E-state index is 12.4. The van der Waals surface area contributed by atoms with E-state index in [1.165, 1.54) is 37.3 Å². The molecule has 1 aromatic heterocycles. The van der Waals surface area contributed by atoms with Crippen molar-refractivity contribution >= 4 is 17.2 Å². The molecule has 1 N–H and O–H groups in total. The van der Waals surface area contributed by atoms with Crippen LogP contribution in [0.1, 0.15) is 22.6 Å². The summed E-state index contributed by atoms with van der Waals surface area (Å²) >= 11 is 1.29. The number of para-hydroxylation sites is 1. The number of benzene rings is 1. The molecular formula is C17H19N3O2S. The molecule has 5 nitrogen and oxygen atoms in total. The fourth-order valence-corrected chi connectivity index (χ4v) is 4.07. The highest BCUT2D eigenvalue weighted by Gasteiger charge is 2.35. The molecule has 2 aromatic rings. The van der Waals surface area contributed by atoms with Gasteiger partial charge in [0, 0.05) is 12.6 Å². The number of hydrogen-bond donors (Lipinski definition) is 1. The van der Waals surface area contributed by atoms with Gasteiger partial charge in [0.05, 0.1) is 6.20 Å². The van der Waals surface area contributed by atoms with E-state index in [1.807, 2.05) is 30.3 Å². The highest BCUT2D eigenvalue weighted by molar-refractivity contribution is 7.15. The molecule has 5 rings (SSSR count). The van der Waals surface area contributed by atoms with E-state index in [9.17, 15) is 4.79 Å². The monoisotopic (exact) mass is 329 g/mol. The van der Waals surface area contributed by atoms with Gasteiger partial charge >= 0.3 is 0 Å². The van der Waals surface area contributed by atoms with E-state index in [4.69, 9.17) is 4.74 Å². The number of carbonyl (C=O) groups excluding carboxylic acids is 1. The van der Waals surface area contributed by atoms with Crippen molar-refractivity contribution < 1.29 is 9.53 Å². The van der Waals surface area contributed by atoms with Crippen LogP contribution in [-0.4, -0.2) is 41.5 Å². The van der Waals surface area contributed by atoms with Crippen LogP contribution in [0.25, 0.3) is 0 Å². The van der Waals surface area contributed by atoms with E-state index >= 15 is 0 Å². The van der Waals surface area contributed by atoms with E-state index in [2.05, 4.69) is 15.2 Å². The van der Waals surface area contributed by atoms with Crippen molar-refractivity contribution in [2.45, 2.75) is 18.9 Å². The summed E-state index contributed by atoms with van der Waals surface area (Å²) in [7, 11) is 0. The number of carbonyl (C=O) groups is 1. The van der Waals surface area contributed by atoms with Crippen LogP contribution in [0, 0.1) is 5.92 Å². The number of thiazole rings is 1. The number of ether oxygens (including phenoxy) is 1. The largest absolute Gasteiger partial charge is 0.445 e. The summed E-state index contributed by atoms with van der Waals surface area (Å²) in [5, 5.41) is 4.26. The Labute approximate surface area is 139 Å². The molecule has 0 saturated carbocycles. The summed E-state index contributed by atoms with van der Waals surface area (Å²) in [5.74, 6) is 1.28. The molecule has 1 atom stereocenters. The lowest BCUT2D eigenvalue weighted by atomic mass is 9.84. The molecule has 1 aromatic carbocycles. The van der Waals surface area contributed by atoms with Gasteiger partial charge in [0.25, 0.3) is 5.91 Å². The van der Waals surface area contributed by atoms with Crippen LogP contribution in [0.3, 0.4) is 0 Å². The van der Waals surface area contributed by atoms with Crippen LogP contribution in [-0.2, 0) is 0 Å². The molecule has 4 heterocycles. The zero-order valence-electron chi connectivity index (χ0n) is 12.8. The standard InChI is InChI=1S/C17H19N3O2S/c21-16(19-14-11-20-8-6-12(14)7-9-20)17-18-10-15(23-17)22-13-4-2-1-3-5-13/h1-5,10,12,14H,6-9,11H2,(H,19,21). The number of nitrogens with zero attached hydrogens (tertiary/aromatic N) is 2. The average Bonchev–Trinajstić information content (AvgIpc) is 3.05. The molecule has 0 aliphatic carbocycles. The first-order valence-corrected chi connectivity index (χ1v) is 8.81. The number of nitrogens with one attached hydrogen (secondary N) is 1. The first-order chi connectivity index (χ1) is 11.3. The normalized spacial score (nSPS) is 26.0. The summed E-state index contributed by atoms with van der Waals surface area (Å²) in [6, 6.07) is 9.79. The topological polar surface area (TPSA) is 54.5 Å². The number of aromatic nitrogens is 1. The molecule has 2 bridgehead atoms. The smallest absolute Gasteiger partial charge is 0.280 e. The predicted octanol–water partition coefficient (Wildman–Crippen LogP) is 2.76. The molecule has 0 spiro atoms. The second-order valence-electron chi connectivity index (χ2n) is 6.12. The third kappa shape index (κ3) is 3.23. The van der Waals surface area contributed by atoms with Gasteiger partial charge in [0.2, 0.25) is 5.06 Å². The molecule has 3 saturated heterocycles. The first kappa shape index (κ1) is 14.7. The summed E-state index contributed by atoms with van der Waals surface area (Å²) < 4.78 is 5.72. The van der Waals surface area contributed by atoms with Crippen molar-refractivity contribution in [3.8, 4) is 10.8 Å². The van der Waals surface area contributed by atoms with Crippen molar-refractivity contribution in [1.82, 2.24) is 15.2 Å². The Balaban J connectivity index is 1.39. The zero-order valence-corrected chi connectivity index (χ0v) is 13.6. The van der Waals surface area contributed by atoms with Crippen LogP contribution in [0.2, 0.25) is 0 Å². The third-order valence-electron chi connectivity index (χ3n) is 4.61. The van der Waals surface area contributed by atoms with E-state index in [0.29, 0.717) is 16.0 Å². The number of hydrogen-bond acceptors (Lipinski definition) is 5. The maximum Gasteiger partial charge on any atom is 0.280 e. The van der Waals surface area contributed by atoms with Crippen LogP contribution in [0.15, 0.2) is 36.5 Å². The van der Waals surface area contributed by atoms with Gasteiger partial charge in [-0.05, 0) is 44.0 Å². The van der Waals surface area contributed by atoms with E-state index < -0.39 is 0 Å². The van der Waals surface area contributed by atoms with Crippen molar-refractivity contribution in [2.75, 3.05) is 19.6 Å². The van der Waals surface area contributed by atoms with E-state index in [-0.39, 0.29) is 11.9 Å². The molecule has 23 heavy (non-hydrogen) atoms. The molecule has 3 aliphatic rings. The van der Waals surface area contributed by atoms with Gasteiger partial charge in [0.15, 0.2) is 5.01 Å². The number of amides is 1. The van der Waals surface area contributed by atoms with Crippen molar-refractivity contribution in [1.29, 1.82) is 0 Å². The highest BCUT2D eigenvalue weighted by Crippen LogP contribution is 2.29. The van der Waals surface area contributed by atoms with Gasteiger partial charge in [-0.1, -0.05) is 29.5 Å². The fourth-order valence-electron chi connectivity index (χ4n) is 3.37. The molecule has 1 unspecified atom stereocenters. The molecular weight excluding hydrogens is 310 g/mol. The molecule has 1 amide bonds. The molecule has 3 aliphatic heterocycles. The predicted molar refractivity (Wildman–Crippen MR) is 89.0 cm³/mol. The minimum Gasteiger partial charge on any atom is -0.445 e. The third-order valence-corrected chi connectivity index (χ3v) is 5.49. The molecule has 120 valence electrons. The van der Waals surface area contributed by atoms with Gasteiger partial charge in [-0.15, -0.1) is 0 Å². The minimum atomic E-state index is -0.0864. The summed E-state index contributed by atoms with van der Waals surface area (Å²) in [6.07, 6.45) is 3.99. The lowest BCUT2D eigenvalue weighted by Gasteiger charge is -2.44. The van der Waals surface area contributed by atoms with E-state index in [0.717, 1.165) is 12.3 Å². The second-order valence-corrected chi connectivity index (χ2v) is 7.11. The van der Waals surface area contributed by atoms with Gasteiger partial charge in [-0.25, -0.2) is 4.98 Å². The van der Waals surface area contributed by atoms with Crippen LogP contribution >= 0.6 is 11.3 Å². The Morgan fingerprint density at radius 3 is 2.74 bits per heavy atom. The van der Waals surface area contributed by atoms with Crippen molar-refractivity contribution in [3.63, 3.8) is 0 Å². The lowest BCUT2D eigenvalue weighted by molar-refractivity contribution is 0.0620. The Bertz CT molecular complexity index is 680. The Hall–Kier alpha value is -1.92. The minimum absolute atomic E-state index is 0.0864. The number of piperidine rings is 3. The van der Waals surface area contributed by atoms with Crippen molar-refractivity contribution in [2.24, 2.45) is 5.92 Å². The lowest BCUT2D eigenvalue weighted by Crippen LogP contribution is -2.57. The number of rotatable bonds is 4. The second kappa shape index (κ2) is 6.29. The summed E-state index contributed by atoms with van der Waals surface area (Å²) in [4.78, 5) is 19.1. The Morgan fingerprint density at radius 1 is 1.26 bits per heavy atom. The van der Waals surface area contributed by atoms with Crippen LogP contribution in [0.5, 0.6) is 10.8 Å².